The van der Waals surface area contributed by atoms with Crippen molar-refractivity contribution in [2.75, 3.05) is 46.2 Å². The molecule has 1 fully saturated rings. The summed E-state index contributed by atoms with van der Waals surface area (Å²) in [7, 11) is 0. The monoisotopic (exact) mass is 272 g/mol. The molecule has 0 bridgehead atoms. The highest BCUT2D eigenvalue weighted by Crippen LogP contribution is 2.31. The average molecular weight is 272 g/mol. The van der Waals surface area contributed by atoms with Gasteiger partial charge in [0.1, 0.15) is 6.61 Å². The standard InChI is InChI=1S/C14H24O5/c1-4-14(10-18-11-14)9-17-6-5-16-7-8-19-13(15)12(2)3/h2,4-11H2,1,3H3. The maximum atomic E-state index is 11.0. The lowest BCUT2D eigenvalue weighted by Gasteiger charge is -2.40. The van der Waals surface area contributed by atoms with E-state index in [1.165, 1.54) is 0 Å². The van der Waals surface area contributed by atoms with E-state index in [4.69, 9.17) is 18.9 Å². The Morgan fingerprint density at radius 2 is 1.84 bits per heavy atom. The molecule has 0 spiro atoms. The fourth-order valence-electron chi connectivity index (χ4n) is 1.61. The molecule has 1 saturated heterocycles. The molecule has 1 aliphatic heterocycles. The second-order valence-electron chi connectivity index (χ2n) is 4.93. The van der Waals surface area contributed by atoms with Crippen LogP contribution >= 0.6 is 0 Å². The van der Waals surface area contributed by atoms with Crippen LogP contribution in [0.1, 0.15) is 20.3 Å². The number of carbonyl (C=O) groups is 1. The first-order chi connectivity index (χ1) is 9.09. The Morgan fingerprint density at radius 3 is 2.37 bits per heavy atom. The first-order valence-electron chi connectivity index (χ1n) is 6.65. The summed E-state index contributed by atoms with van der Waals surface area (Å²) < 4.78 is 21.0. The Kier molecular flexibility index (Phi) is 7.05. The molecule has 1 aliphatic rings. The van der Waals surface area contributed by atoms with Crippen molar-refractivity contribution in [2.45, 2.75) is 20.3 Å². The highest BCUT2D eigenvalue weighted by Gasteiger charge is 2.36. The summed E-state index contributed by atoms with van der Waals surface area (Å²) in [5.74, 6) is -0.380. The van der Waals surface area contributed by atoms with Gasteiger partial charge in [-0.3, -0.25) is 0 Å². The molecule has 0 N–H and O–H groups in total. The van der Waals surface area contributed by atoms with Gasteiger partial charge in [-0.15, -0.1) is 0 Å². The lowest BCUT2D eigenvalue weighted by atomic mass is 9.84. The van der Waals surface area contributed by atoms with E-state index in [-0.39, 0.29) is 18.0 Å². The Morgan fingerprint density at radius 1 is 1.21 bits per heavy atom. The summed E-state index contributed by atoms with van der Waals surface area (Å²) in [5, 5.41) is 0. The largest absolute Gasteiger partial charge is 0.460 e. The average Bonchev–Trinajstić information content (AvgIpc) is 2.34. The number of rotatable bonds is 10. The molecule has 0 unspecified atom stereocenters. The Bertz CT molecular complexity index is 291. The zero-order valence-electron chi connectivity index (χ0n) is 11.9. The van der Waals surface area contributed by atoms with E-state index in [2.05, 4.69) is 13.5 Å². The highest BCUT2D eigenvalue weighted by molar-refractivity contribution is 5.86. The molecule has 0 aromatic heterocycles. The summed E-state index contributed by atoms with van der Waals surface area (Å²) in [6.45, 7) is 11.3. The van der Waals surface area contributed by atoms with E-state index in [0.29, 0.717) is 25.4 Å². The SMILES string of the molecule is C=C(C)C(=O)OCCOCCOCC1(CC)COC1. The van der Waals surface area contributed by atoms with Gasteiger partial charge < -0.3 is 18.9 Å². The van der Waals surface area contributed by atoms with Crippen LogP contribution in [0.5, 0.6) is 0 Å². The first kappa shape index (κ1) is 16.1. The third-order valence-electron chi connectivity index (χ3n) is 3.16. The molecular formula is C14H24O5. The molecule has 0 aromatic carbocycles. The molecule has 0 aromatic rings. The van der Waals surface area contributed by atoms with Gasteiger partial charge in [0.15, 0.2) is 0 Å². The maximum Gasteiger partial charge on any atom is 0.333 e. The maximum absolute atomic E-state index is 11.0. The number of carbonyl (C=O) groups excluding carboxylic acids is 1. The van der Waals surface area contributed by atoms with Crippen LogP contribution in [-0.2, 0) is 23.7 Å². The minimum atomic E-state index is -0.380. The molecule has 0 amide bonds. The van der Waals surface area contributed by atoms with Crippen molar-refractivity contribution in [2.24, 2.45) is 5.41 Å². The number of hydrogen-bond donors (Lipinski definition) is 0. The molecule has 0 atom stereocenters. The Labute approximate surface area is 114 Å². The molecule has 0 aliphatic carbocycles. The minimum absolute atomic E-state index is 0.219. The van der Waals surface area contributed by atoms with Gasteiger partial charge in [-0.25, -0.2) is 4.79 Å². The van der Waals surface area contributed by atoms with Crippen molar-refractivity contribution < 1.29 is 23.7 Å². The van der Waals surface area contributed by atoms with Gasteiger partial charge in [0, 0.05) is 11.0 Å². The Hall–Kier alpha value is -0.910. The van der Waals surface area contributed by atoms with Gasteiger partial charge in [-0.1, -0.05) is 13.5 Å². The molecule has 5 heteroatoms. The van der Waals surface area contributed by atoms with Gasteiger partial charge in [0.25, 0.3) is 0 Å². The zero-order valence-corrected chi connectivity index (χ0v) is 11.9. The zero-order chi connectivity index (χ0) is 14.1. The molecule has 110 valence electrons. The van der Waals surface area contributed by atoms with Gasteiger partial charge in [-0.2, -0.15) is 0 Å². The first-order valence-corrected chi connectivity index (χ1v) is 6.65. The van der Waals surface area contributed by atoms with Crippen molar-refractivity contribution in [3.8, 4) is 0 Å². The second kappa shape index (κ2) is 8.30. The van der Waals surface area contributed by atoms with Crippen LogP contribution in [-0.4, -0.2) is 52.2 Å². The third kappa shape index (κ3) is 5.72. The van der Waals surface area contributed by atoms with E-state index in [9.17, 15) is 4.79 Å². The predicted molar refractivity (Wildman–Crippen MR) is 71.0 cm³/mol. The van der Waals surface area contributed by atoms with Crippen LogP contribution in [0.25, 0.3) is 0 Å². The summed E-state index contributed by atoms with van der Waals surface area (Å²) >= 11 is 0. The number of ether oxygens (including phenoxy) is 4. The van der Waals surface area contributed by atoms with Crippen LogP contribution in [0.2, 0.25) is 0 Å². The summed E-state index contributed by atoms with van der Waals surface area (Å²) in [4.78, 5) is 11.0. The van der Waals surface area contributed by atoms with Crippen LogP contribution in [0.3, 0.4) is 0 Å². The number of hydrogen-bond acceptors (Lipinski definition) is 5. The van der Waals surface area contributed by atoms with E-state index in [0.717, 1.165) is 26.2 Å². The smallest absolute Gasteiger partial charge is 0.333 e. The van der Waals surface area contributed by atoms with E-state index in [1.54, 1.807) is 6.92 Å². The van der Waals surface area contributed by atoms with E-state index < -0.39 is 0 Å². The normalized spacial score (nSPS) is 16.7. The fraction of sp³-hybridized carbons (Fsp3) is 0.786. The lowest BCUT2D eigenvalue weighted by molar-refractivity contribution is -0.153. The summed E-state index contributed by atoms with van der Waals surface area (Å²) in [6, 6.07) is 0. The van der Waals surface area contributed by atoms with Crippen molar-refractivity contribution in [1.82, 2.24) is 0 Å². The van der Waals surface area contributed by atoms with E-state index in [1.807, 2.05) is 0 Å². The van der Waals surface area contributed by atoms with Crippen LogP contribution in [0.15, 0.2) is 12.2 Å². The van der Waals surface area contributed by atoms with Crippen molar-refractivity contribution >= 4 is 5.97 Å². The van der Waals surface area contributed by atoms with E-state index >= 15 is 0 Å². The van der Waals surface area contributed by atoms with Gasteiger partial charge in [0.05, 0.1) is 39.6 Å². The third-order valence-corrected chi connectivity index (χ3v) is 3.16. The predicted octanol–water partition coefficient (Wildman–Crippen LogP) is 1.57. The van der Waals surface area contributed by atoms with Gasteiger partial charge >= 0.3 is 5.97 Å². The van der Waals surface area contributed by atoms with Crippen molar-refractivity contribution in [3.63, 3.8) is 0 Å². The van der Waals surface area contributed by atoms with Crippen molar-refractivity contribution in [1.29, 1.82) is 0 Å². The molecule has 1 heterocycles. The van der Waals surface area contributed by atoms with Gasteiger partial charge in [0.2, 0.25) is 0 Å². The van der Waals surface area contributed by atoms with Crippen LogP contribution < -0.4 is 0 Å². The van der Waals surface area contributed by atoms with Crippen LogP contribution in [0.4, 0.5) is 0 Å². The lowest BCUT2D eigenvalue weighted by Crippen LogP contribution is -2.45. The summed E-state index contributed by atoms with van der Waals surface area (Å²) in [5.41, 5.74) is 0.618. The van der Waals surface area contributed by atoms with Gasteiger partial charge in [-0.05, 0) is 13.3 Å². The second-order valence-corrected chi connectivity index (χ2v) is 4.93. The highest BCUT2D eigenvalue weighted by atomic mass is 16.6. The number of esters is 1. The summed E-state index contributed by atoms with van der Waals surface area (Å²) in [6.07, 6.45) is 1.07. The molecule has 19 heavy (non-hydrogen) atoms. The molecule has 1 rings (SSSR count). The molecule has 0 radical (unpaired) electrons. The molecule has 5 nitrogen and oxygen atoms in total. The topological polar surface area (TPSA) is 54.0 Å². The quantitative estimate of drug-likeness (QED) is 0.343. The molecule has 0 saturated carbocycles. The van der Waals surface area contributed by atoms with Crippen LogP contribution in [0, 0.1) is 5.41 Å². The minimum Gasteiger partial charge on any atom is -0.460 e. The molecular weight excluding hydrogens is 248 g/mol. The Balaban J connectivity index is 1.89. The fourth-order valence-corrected chi connectivity index (χ4v) is 1.61. The van der Waals surface area contributed by atoms with Crippen molar-refractivity contribution in [3.05, 3.63) is 12.2 Å².